The molecule has 0 amide bonds. The van der Waals surface area contributed by atoms with Crippen LogP contribution in [0.2, 0.25) is 5.02 Å². The second-order valence-corrected chi connectivity index (χ2v) is 6.32. The zero-order chi connectivity index (χ0) is 16.4. The standard InChI is InChI=1S/C18H16ClN5/c19-16-6-13(7-21-10-16)11-24-5-3-17-15(12-24)9-22-18(23-17)14-2-1-4-20-8-14/h1-2,4,6-10H,3,5,11-12H2. The molecule has 0 saturated heterocycles. The molecule has 3 aromatic rings. The van der Waals surface area contributed by atoms with Gasteiger partial charge in [-0.3, -0.25) is 14.9 Å². The first-order valence-corrected chi connectivity index (χ1v) is 8.23. The van der Waals surface area contributed by atoms with E-state index in [1.807, 2.05) is 30.6 Å². The van der Waals surface area contributed by atoms with Gasteiger partial charge in [0.1, 0.15) is 0 Å². The molecule has 6 heteroatoms. The Kier molecular flexibility index (Phi) is 4.19. The number of pyridine rings is 2. The zero-order valence-corrected chi connectivity index (χ0v) is 13.8. The zero-order valence-electron chi connectivity index (χ0n) is 13.1. The first kappa shape index (κ1) is 15.2. The molecule has 3 aromatic heterocycles. The van der Waals surface area contributed by atoms with Gasteiger partial charge < -0.3 is 0 Å². The van der Waals surface area contributed by atoms with Crippen LogP contribution in [0.1, 0.15) is 16.8 Å². The Labute approximate surface area is 145 Å². The molecule has 0 saturated carbocycles. The largest absolute Gasteiger partial charge is 0.294 e. The lowest BCUT2D eigenvalue weighted by molar-refractivity contribution is 0.242. The van der Waals surface area contributed by atoms with Crippen LogP contribution < -0.4 is 0 Å². The van der Waals surface area contributed by atoms with E-state index in [0.29, 0.717) is 5.02 Å². The molecular formula is C18H16ClN5. The molecule has 0 unspecified atom stereocenters. The van der Waals surface area contributed by atoms with E-state index >= 15 is 0 Å². The average Bonchev–Trinajstić information content (AvgIpc) is 2.62. The number of halogens is 1. The van der Waals surface area contributed by atoms with E-state index in [0.717, 1.165) is 48.7 Å². The molecule has 0 aromatic carbocycles. The Hall–Kier alpha value is -2.37. The molecule has 1 aliphatic rings. The number of hydrogen-bond donors (Lipinski definition) is 0. The highest BCUT2D eigenvalue weighted by molar-refractivity contribution is 6.30. The Morgan fingerprint density at radius 1 is 1.12 bits per heavy atom. The first-order valence-electron chi connectivity index (χ1n) is 7.85. The van der Waals surface area contributed by atoms with Crippen LogP contribution in [0.3, 0.4) is 0 Å². The summed E-state index contributed by atoms with van der Waals surface area (Å²) in [5.41, 5.74) is 4.39. The number of fused-ring (bicyclic) bond motifs is 1. The van der Waals surface area contributed by atoms with Gasteiger partial charge in [0, 0.05) is 68.2 Å². The van der Waals surface area contributed by atoms with Crippen molar-refractivity contribution in [3.63, 3.8) is 0 Å². The maximum absolute atomic E-state index is 6.01. The van der Waals surface area contributed by atoms with Crippen LogP contribution in [-0.2, 0) is 19.5 Å². The summed E-state index contributed by atoms with van der Waals surface area (Å²) in [6, 6.07) is 5.85. The molecule has 120 valence electrons. The van der Waals surface area contributed by atoms with Crippen molar-refractivity contribution in [2.24, 2.45) is 0 Å². The van der Waals surface area contributed by atoms with Gasteiger partial charge in [-0.05, 0) is 23.8 Å². The molecule has 0 N–H and O–H groups in total. The number of aromatic nitrogens is 4. The molecular weight excluding hydrogens is 322 g/mol. The van der Waals surface area contributed by atoms with Crippen LogP contribution in [0.5, 0.6) is 0 Å². The van der Waals surface area contributed by atoms with Crippen LogP contribution in [0, 0.1) is 0 Å². The summed E-state index contributed by atoms with van der Waals surface area (Å²) in [7, 11) is 0. The summed E-state index contributed by atoms with van der Waals surface area (Å²) in [4.78, 5) is 19.9. The summed E-state index contributed by atoms with van der Waals surface area (Å²) in [6.07, 6.45) is 9.92. The van der Waals surface area contributed by atoms with Gasteiger partial charge in [-0.2, -0.15) is 0 Å². The van der Waals surface area contributed by atoms with Crippen LogP contribution in [0.25, 0.3) is 11.4 Å². The highest BCUT2D eigenvalue weighted by Gasteiger charge is 2.19. The maximum atomic E-state index is 6.01. The van der Waals surface area contributed by atoms with Gasteiger partial charge in [0.15, 0.2) is 5.82 Å². The maximum Gasteiger partial charge on any atom is 0.160 e. The quantitative estimate of drug-likeness (QED) is 0.735. The highest BCUT2D eigenvalue weighted by atomic mass is 35.5. The lowest BCUT2D eigenvalue weighted by Gasteiger charge is -2.28. The van der Waals surface area contributed by atoms with Crippen LogP contribution in [0.15, 0.2) is 49.2 Å². The summed E-state index contributed by atoms with van der Waals surface area (Å²) < 4.78 is 0. The molecule has 0 atom stereocenters. The monoisotopic (exact) mass is 337 g/mol. The second-order valence-electron chi connectivity index (χ2n) is 5.88. The van der Waals surface area contributed by atoms with Crippen LogP contribution in [0.4, 0.5) is 0 Å². The molecule has 0 radical (unpaired) electrons. The van der Waals surface area contributed by atoms with E-state index in [1.165, 1.54) is 5.56 Å². The first-order chi connectivity index (χ1) is 11.8. The Bertz CT molecular complexity index is 853. The molecule has 0 bridgehead atoms. The number of nitrogens with zero attached hydrogens (tertiary/aromatic N) is 5. The predicted octanol–water partition coefficient (Wildman–Crippen LogP) is 3.15. The Balaban J connectivity index is 1.52. The van der Waals surface area contributed by atoms with E-state index in [2.05, 4.69) is 19.9 Å². The SMILES string of the molecule is Clc1cncc(CN2CCc3nc(-c4cccnc4)ncc3C2)c1. The molecule has 1 aliphatic heterocycles. The average molecular weight is 338 g/mol. The minimum atomic E-state index is 0.675. The topological polar surface area (TPSA) is 54.8 Å². The van der Waals surface area contributed by atoms with Crippen molar-refractivity contribution < 1.29 is 0 Å². The third-order valence-electron chi connectivity index (χ3n) is 4.10. The molecule has 5 nitrogen and oxygen atoms in total. The van der Waals surface area contributed by atoms with Gasteiger partial charge >= 0.3 is 0 Å². The summed E-state index contributed by atoms with van der Waals surface area (Å²) in [5, 5.41) is 0.675. The fraction of sp³-hybridized carbons (Fsp3) is 0.222. The number of rotatable bonds is 3. The van der Waals surface area contributed by atoms with E-state index in [-0.39, 0.29) is 0 Å². The van der Waals surface area contributed by atoms with E-state index in [4.69, 9.17) is 16.6 Å². The van der Waals surface area contributed by atoms with E-state index < -0.39 is 0 Å². The van der Waals surface area contributed by atoms with Gasteiger partial charge in [0.2, 0.25) is 0 Å². The van der Waals surface area contributed by atoms with E-state index in [9.17, 15) is 0 Å². The van der Waals surface area contributed by atoms with Crippen molar-refractivity contribution in [1.29, 1.82) is 0 Å². The van der Waals surface area contributed by atoms with Gasteiger partial charge in [-0.15, -0.1) is 0 Å². The Morgan fingerprint density at radius 2 is 2.08 bits per heavy atom. The van der Waals surface area contributed by atoms with Gasteiger partial charge in [0.25, 0.3) is 0 Å². The van der Waals surface area contributed by atoms with Crippen molar-refractivity contribution in [3.8, 4) is 11.4 Å². The van der Waals surface area contributed by atoms with Gasteiger partial charge in [-0.25, -0.2) is 9.97 Å². The van der Waals surface area contributed by atoms with Crippen molar-refractivity contribution in [2.75, 3.05) is 6.54 Å². The summed E-state index contributed by atoms with van der Waals surface area (Å²) in [5.74, 6) is 0.745. The third-order valence-corrected chi connectivity index (χ3v) is 4.31. The van der Waals surface area contributed by atoms with Crippen molar-refractivity contribution >= 4 is 11.6 Å². The fourth-order valence-electron chi connectivity index (χ4n) is 2.94. The third kappa shape index (κ3) is 3.27. The summed E-state index contributed by atoms with van der Waals surface area (Å²) in [6.45, 7) is 2.63. The van der Waals surface area contributed by atoms with Crippen molar-refractivity contribution in [1.82, 2.24) is 24.8 Å². The highest BCUT2D eigenvalue weighted by Crippen LogP contribution is 2.22. The predicted molar refractivity (Wildman–Crippen MR) is 92.3 cm³/mol. The minimum Gasteiger partial charge on any atom is -0.294 e. The molecule has 24 heavy (non-hydrogen) atoms. The van der Waals surface area contributed by atoms with Gasteiger partial charge in [0.05, 0.1) is 10.7 Å². The molecule has 0 spiro atoms. The number of hydrogen-bond acceptors (Lipinski definition) is 5. The fourth-order valence-corrected chi connectivity index (χ4v) is 3.14. The van der Waals surface area contributed by atoms with Crippen LogP contribution >= 0.6 is 11.6 Å². The van der Waals surface area contributed by atoms with Crippen LogP contribution in [-0.4, -0.2) is 31.4 Å². The van der Waals surface area contributed by atoms with E-state index in [1.54, 1.807) is 18.6 Å². The minimum absolute atomic E-state index is 0.675. The molecule has 0 fully saturated rings. The smallest absolute Gasteiger partial charge is 0.160 e. The molecule has 4 heterocycles. The van der Waals surface area contributed by atoms with Gasteiger partial charge in [-0.1, -0.05) is 11.6 Å². The lowest BCUT2D eigenvalue weighted by Crippen LogP contribution is -2.31. The molecule has 0 aliphatic carbocycles. The molecule has 4 rings (SSSR count). The van der Waals surface area contributed by atoms with Crippen molar-refractivity contribution in [3.05, 3.63) is 71.0 Å². The Morgan fingerprint density at radius 3 is 2.92 bits per heavy atom. The second kappa shape index (κ2) is 6.63. The lowest BCUT2D eigenvalue weighted by atomic mass is 10.1. The van der Waals surface area contributed by atoms with Crippen molar-refractivity contribution in [2.45, 2.75) is 19.5 Å². The summed E-state index contributed by atoms with van der Waals surface area (Å²) >= 11 is 6.01. The normalized spacial score (nSPS) is 14.4.